The quantitative estimate of drug-likeness (QED) is 0.561. The highest BCUT2D eigenvalue weighted by molar-refractivity contribution is 7.13. The molecule has 2 heterocycles. The number of nitrogens with one attached hydrogen (secondary N) is 1. The summed E-state index contributed by atoms with van der Waals surface area (Å²) in [6.07, 6.45) is 1.35. The van der Waals surface area contributed by atoms with E-state index in [-0.39, 0.29) is 5.89 Å². The van der Waals surface area contributed by atoms with Crippen LogP contribution in [0.2, 0.25) is 10.0 Å². The summed E-state index contributed by atoms with van der Waals surface area (Å²) in [5.41, 5.74) is 2.78. The van der Waals surface area contributed by atoms with Gasteiger partial charge in [-0.3, -0.25) is 4.79 Å². The molecule has 0 bridgehead atoms. The number of hydrazone groups is 1. The fourth-order valence-electron chi connectivity index (χ4n) is 1.66. The molecule has 0 aliphatic rings. The average Bonchev–Trinajstić information content (AvgIpc) is 3.20. The van der Waals surface area contributed by atoms with Gasteiger partial charge in [0.1, 0.15) is 0 Å². The number of hydrogen-bond donors (Lipinski definition) is 1. The van der Waals surface area contributed by atoms with Crippen LogP contribution >= 0.6 is 34.5 Å². The zero-order chi connectivity index (χ0) is 16.2. The van der Waals surface area contributed by atoms with Gasteiger partial charge in [-0.25, -0.2) is 5.43 Å². The van der Waals surface area contributed by atoms with Gasteiger partial charge >= 0.3 is 11.8 Å². The van der Waals surface area contributed by atoms with E-state index in [2.05, 4.69) is 20.7 Å². The predicted molar refractivity (Wildman–Crippen MR) is 89.1 cm³/mol. The Morgan fingerprint density at radius 3 is 2.74 bits per heavy atom. The van der Waals surface area contributed by atoms with Crippen molar-refractivity contribution < 1.29 is 9.32 Å². The van der Waals surface area contributed by atoms with Gasteiger partial charge in [0.25, 0.3) is 0 Å². The molecular formula is C14H8Cl2N4O2S. The van der Waals surface area contributed by atoms with Crippen LogP contribution in [0.1, 0.15) is 16.2 Å². The van der Waals surface area contributed by atoms with Crippen LogP contribution < -0.4 is 5.43 Å². The van der Waals surface area contributed by atoms with Crippen LogP contribution in [-0.2, 0) is 0 Å². The lowest BCUT2D eigenvalue weighted by molar-refractivity contribution is 0.0911. The molecule has 116 valence electrons. The van der Waals surface area contributed by atoms with E-state index in [1.165, 1.54) is 17.6 Å². The third-order valence-electron chi connectivity index (χ3n) is 2.72. The second-order valence-electron chi connectivity index (χ2n) is 4.23. The minimum atomic E-state index is -0.625. The molecule has 0 atom stereocenters. The smallest absolute Gasteiger partial charge is 0.328 e. The minimum absolute atomic E-state index is 0.184. The van der Waals surface area contributed by atoms with Gasteiger partial charge in [0.2, 0.25) is 5.82 Å². The van der Waals surface area contributed by atoms with E-state index in [4.69, 9.17) is 27.7 Å². The summed E-state index contributed by atoms with van der Waals surface area (Å²) in [6, 6.07) is 8.73. The van der Waals surface area contributed by atoms with Crippen molar-refractivity contribution in [3.8, 4) is 10.7 Å². The molecular weight excluding hydrogens is 359 g/mol. The largest absolute Gasteiger partial charge is 0.329 e. The standard InChI is InChI=1S/C14H8Cl2N4O2S/c15-9-3-1-4-10(16)8(9)7-17-19-13(21)14-18-12(20-22-14)11-5-2-6-23-11/h1-7H,(H,19,21)/b17-7-. The maximum Gasteiger partial charge on any atom is 0.329 e. The molecule has 0 spiro atoms. The maximum atomic E-state index is 11.9. The number of halogens is 2. The lowest BCUT2D eigenvalue weighted by Gasteiger charge is -2.00. The Labute approximate surface area is 144 Å². The summed E-state index contributed by atoms with van der Waals surface area (Å²) in [5.74, 6) is -0.459. The Morgan fingerprint density at radius 2 is 2.04 bits per heavy atom. The van der Waals surface area contributed by atoms with E-state index >= 15 is 0 Å². The SMILES string of the molecule is O=C(N/N=C\c1c(Cl)cccc1Cl)c1nc(-c2cccs2)no1. The highest BCUT2D eigenvalue weighted by atomic mass is 35.5. The van der Waals surface area contributed by atoms with Crippen molar-refractivity contribution >= 4 is 46.7 Å². The van der Waals surface area contributed by atoms with Crippen LogP contribution in [0.3, 0.4) is 0 Å². The Kier molecular flexibility index (Phi) is 4.71. The van der Waals surface area contributed by atoms with Crippen molar-refractivity contribution in [2.45, 2.75) is 0 Å². The number of rotatable bonds is 4. The molecule has 2 aromatic heterocycles. The van der Waals surface area contributed by atoms with E-state index in [1.807, 2.05) is 17.5 Å². The van der Waals surface area contributed by atoms with Gasteiger partial charge in [0.15, 0.2) is 0 Å². The van der Waals surface area contributed by atoms with Crippen molar-refractivity contribution in [3.63, 3.8) is 0 Å². The molecule has 1 amide bonds. The number of benzene rings is 1. The van der Waals surface area contributed by atoms with Crippen LogP contribution in [0.4, 0.5) is 0 Å². The second kappa shape index (κ2) is 6.91. The molecule has 1 aromatic carbocycles. The molecule has 3 aromatic rings. The van der Waals surface area contributed by atoms with Gasteiger partial charge in [-0.05, 0) is 23.6 Å². The molecule has 0 saturated carbocycles. The number of nitrogens with zero attached hydrogens (tertiary/aromatic N) is 3. The van der Waals surface area contributed by atoms with Gasteiger partial charge in [-0.15, -0.1) is 11.3 Å². The van der Waals surface area contributed by atoms with E-state index in [0.717, 1.165) is 4.88 Å². The van der Waals surface area contributed by atoms with Crippen LogP contribution in [-0.4, -0.2) is 22.3 Å². The molecule has 1 N–H and O–H groups in total. The van der Waals surface area contributed by atoms with Crippen molar-refractivity contribution in [2.24, 2.45) is 5.10 Å². The normalized spacial score (nSPS) is 11.0. The third-order valence-corrected chi connectivity index (χ3v) is 4.25. The Morgan fingerprint density at radius 1 is 1.26 bits per heavy atom. The van der Waals surface area contributed by atoms with Gasteiger partial charge in [-0.2, -0.15) is 10.1 Å². The fourth-order valence-corrected chi connectivity index (χ4v) is 2.80. The number of carbonyl (C=O) groups is 1. The molecule has 0 fully saturated rings. The molecule has 6 nitrogen and oxygen atoms in total. The van der Waals surface area contributed by atoms with Gasteiger partial charge in [-0.1, -0.05) is 40.5 Å². The zero-order valence-corrected chi connectivity index (χ0v) is 13.7. The first kappa shape index (κ1) is 15.7. The maximum absolute atomic E-state index is 11.9. The first-order valence-electron chi connectivity index (χ1n) is 6.30. The topological polar surface area (TPSA) is 80.4 Å². The second-order valence-corrected chi connectivity index (χ2v) is 6.00. The van der Waals surface area contributed by atoms with Crippen molar-refractivity contribution in [1.29, 1.82) is 0 Å². The highest BCUT2D eigenvalue weighted by Crippen LogP contribution is 2.22. The minimum Gasteiger partial charge on any atom is -0.328 e. The van der Waals surface area contributed by atoms with Crippen LogP contribution in [0.5, 0.6) is 0 Å². The lowest BCUT2D eigenvalue weighted by atomic mass is 10.2. The summed E-state index contributed by atoms with van der Waals surface area (Å²) < 4.78 is 4.91. The first-order chi connectivity index (χ1) is 11.1. The Balaban J connectivity index is 1.69. The van der Waals surface area contributed by atoms with Gasteiger partial charge in [0.05, 0.1) is 21.1 Å². The van der Waals surface area contributed by atoms with Crippen LogP contribution in [0.25, 0.3) is 10.7 Å². The molecule has 0 radical (unpaired) electrons. The van der Waals surface area contributed by atoms with Crippen molar-refractivity contribution in [1.82, 2.24) is 15.6 Å². The van der Waals surface area contributed by atoms with Gasteiger partial charge in [0, 0.05) is 5.56 Å². The summed E-state index contributed by atoms with van der Waals surface area (Å²) in [5, 5.41) is 10.3. The molecule has 0 aliphatic heterocycles. The summed E-state index contributed by atoms with van der Waals surface area (Å²) in [4.78, 5) is 16.7. The predicted octanol–water partition coefficient (Wildman–Crippen LogP) is 3.87. The van der Waals surface area contributed by atoms with E-state index in [1.54, 1.807) is 18.2 Å². The average molecular weight is 367 g/mol. The Bertz CT molecular complexity index is 841. The van der Waals surface area contributed by atoms with Crippen LogP contribution in [0.15, 0.2) is 45.3 Å². The number of hydrogen-bond acceptors (Lipinski definition) is 6. The summed E-state index contributed by atoms with van der Waals surface area (Å²) in [6.45, 7) is 0. The van der Waals surface area contributed by atoms with Crippen molar-refractivity contribution in [2.75, 3.05) is 0 Å². The molecule has 0 unspecified atom stereocenters. The number of carbonyl (C=O) groups excluding carboxylic acids is 1. The molecule has 9 heteroatoms. The van der Waals surface area contributed by atoms with E-state index < -0.39 is 5.91 Å². The highest BCUT2D eigenvalue weighted by Gasteiger charge is 2.16. The van der Waals surface area contributed by atoms with E-state index in [0.29, 0.717) is 21.4 Å². The van der Waals surface area contributed by atoms with Crippen molar-refractivity contribution in [3.05, 3.63) is 57.2 Å². The van der Waals surface area contributed by atoms with Gasteiger partial charge < -0.3 is 4.52 Å². The number of aromatic nitrogens is 2. The first-order valence-corrected chi connectivity index (χ1v) is 7.93. The van der Waals surface area contributed by atoms with Crippen LogP contribution in [0, 0.1) is 0 Å². The molecule has 0 aliphatic carbocycles. The zero-order valence-electron chi connectivity index (χ0n) is 11.4. The molecule has 3 rings (SSSR count). The Hall–Kier alpha value is -2.22. The fraction of sp³-hybridized carbons (Fsp3) is 0. The molecule has 0 saturated heterocycles. The third kappa shape index (κ3) is 3.58. The summed E-state index contributed by atoms with van der Waals surface area (Å²) in [7, 11) is 0. The lowest BCUT2D eigenvalue weighted by Crippen LogP contribution is -2.18. The summed E-state index contributed by atoms with van der Waals surface area (Å²) >= 11 is 13.4. The molecule has 23 heavy (non-hydrogen) atoms. The number of amides is 1. The monoisotopic (exact) mass is 366 g/mol. The van der Waals surface area contributed by atoms with E-state index in [9.17, 15) is 4.79 Å². The number of thiophene rings is 1.